The average molecular weight is 344 g/mol. The number of hydrogen-bond acceptors (Lipinski definition) is 5. The van der Waals surface area contributed by atoms with E-state index in [0.717, 1.165) is 38.0 Å². The fourth-order valence-electron chi connectivity index (χ4n) is 3.17. The number of aromatic amines is 1. The minimum absolute atomic E-state index is 0.146. The maximum atomic E-state index is 12.6. The van der Waals surface area contributed by atoms with Gasteiger partial charge in [0.15, 0.2) is 0 Å². The van der Waals surface area contributed by atoms with Crippen LogP contribution in [0.4, 0.5) is 0 Å². The summed E-state index contributed by atoms with van der Waals surface area (Å²) in [6.45, 7) is 3.15. The van der Waals surface area contributed by atoms with Gasteiger partial charge < -0.3 is 19.4 Å². The number of likely N-dealkylation sites (N-methyl/N-ethyl adjacent to an activating group) is 1. The summed E-state index contributed by atoms with van der Waals surface area (Å²) in [6, 6.07) is 0. The van der Waals surface area contributed by atoms with E-state index in [1.54, 1.807) is 4.90 Å². The Hall–Kier alpha value is -2.48. The number of carbonyl (C=O) groups is 1. The highest BCUT2D eigenvalue weighted by molar-refractivity contribution is 5.92. The van der Waals surface area contributed by atoms with E-state index in [1.807, 2.05) is 12.4 Å². The van der Waals surface area contributed by atoms with E-state index in [2.05, 4.69) is 38.5 Å². The Morgan fingerprint density at radius 1 is 1.40 bits per heavy atom. The van der Waals surface area contributed by atoms with E-state index in [0.29, 0.717) is 13.1 Å². The van der Waals surface area contributed by atoms with Crippen molar-refractivity contribution in [3.8, 4) is 0 Å². The van der Waals surface area contributed by atoms with Gasteiger partial charge in [-0.15, -0.1) is 0 Å². The summed E-state index contributed by atoms with van der Waals surface area (Å²) in [5.41, 5.74) is -0.0350. The molecule has 0 bridgehead atoms. The lowest BCUT2D eigenvalue weighted by Gasteiger charge is -2.32. The van der Waals surface area contributed by atoms with Gasteiger partial charge in [0.1, 0.15) is 11.5 Å². The summed E-state index contributed by atoms with van der Waals surface area (Å²) in [7, 11) is 4.10. The topological polar surface area (TPSA) is 87.1 Å². The van der Waals surface area contributed by atoms with Gasteiger partial charge in [-0.3, -0.25) is 9.59 Å². The molecule has 0 radical (unpaired) electrons. The molecule has 1 fully saturated rings. The summed E-state index contributed by atoms with van der Waals surface area (Å²) >= 11 is 0. The molecule has 0 aromatic carbocycles. The highest BCUT2D eigenvalue weighted by Gasteiger charge is 2.28. The van der Waals surface area contributed by atoms with Crippen molar-refractivity contribution in [1.82, 2.24) is 29.3 Å². The van der Waals surface area contributed by atoms with Gasteiger partial charge in [-0.2, -0.15) is 0 Å². The minimum Gasteiger partial charge on any atom is -0.337 e. The molecule has 0 spiro atoms. The van der Waals surface area contributed by atoms with Crippen LogP contribution in [0.5, 0.6) is 0 Å². The number of amides is 1. The summed E-state index contributed by atoms with van der Waals surface area (Å²) in [6.07, 6.45) is 8.30. The van der Waals surface area contributed by atoms with Crippen LogP contribution in [0.25, 0.3) is 0 Å². The van der Waals surface area contributed by atoms with Crippen LogP contribution >= 0.6 is 0 Å². The SMILES string of the molecule is CN(C)CCn1ccnc1[C@@H]1CCCN(C(=O)c2c[nH]c(=O)cn2)C1. The molecule has 8 heteroatoms. The summed E-state index contributed by atoms with van der Waals surface area (Å²) in [5.74, 6) is 1.11. The molecule has 1 N–H and O–H groups in total. The van der Waals surface area contributed by atoms with Gasteiger partial charge in [-0.05, 0) is 26.9 Å². The standard InChI is InChI=1S/C17H24N6O2/c1-21(2)8-9-22-7-5-18-16(22)13-4-3-6-23(12-13)17(25)14-10-20-15(24)11-19-14/h5,7,10-11,13H,3-4,6,8-9,12H2,1-2H3,(H,20,24)/t13-/m1/s1. The largest absolute Gasteiger partial charge is 0.337 e. The molecule has 1 atom stereocenters. The van der Waals surface area contributed by atoms with E-state index in [9.17, 15) is 9.59 Å². The Morgan fingerprint density at radius 3 is 2.96 bits per heavy atom. The highest BCUT2D eigenvalue weighted by Crippen LogP contribution is 2.26. The normalized spacial score (nSPS) is 17.9. The van der Waals surface area contributed by atoms with Crippen molar-refractivity contribution in [2.75, 3.05) is 33.7 Å². The number of H-pyrrole nitrogens is 1. The molecule has 2 aromatic rings. The van der Waals surface area contributed by atoms with Crippen LogP contribution < -0.4 is 5.56 Å². The zero-order valence-electron chi connectivity index (χ0n) is 14.7. The molecule has 1 aliphatic heterocycles. The van der Waals surface area contributed by atoms with Crippen LogP contribution in [0.1, 0.15) is 35.1 Å². The maximum absolute atomic E-state index is 12.6. The Kier molecular flexibility index (Phi) is 5.28. The number of rotatable bonds is 5. The van der Waals surface area contributed by atoms with Gasteiger partial charge in [0.25, 0.3) is 11.5 Å². The number of nitrogens with one attached hydrogen (secondary N) is 1. The molecule has 3 rings (SSSR count). The Balaban J connectivity index is 1.71. The van der Waals surface area contributed by atoms with Crippen molar-refractivity contribution >= 4 is 5.91 Å². The Morgan fingerprint density at radius 2 is 2.24 bits per heavy atom. The van der Waals surface area contributed by atoms with Crippen LogP contribution in [-0.2, 0) is 6.54 Å². The molecule has 8 nitrogen and oxygen atoms in total. The van der Waals surface area contributed by atoms with E-state index < -0.39 is 0 Å². The first kappa shape index (κ1) is 17.3. The fourth-order valence-corrected chi connectivity index (χ4v) is 3.17. The average Bonchev–Trinajstić information content (AvgIpc) is 3.09. The molecular formula is C17H24N6O2. The third-order valence-electron chi connectivity index (χ3n) is 4.50. The lowest BCUT2D eigenvalue weighted by molar-refractivity contribution is 0.0696. The molecule has 1 saturated heterocycles. The third-order valence-corrected chi connectivity index (χ3v) is 4.50. The second kappa shape index (κ2) is 7.60. The van der Waals surface area contributed by atoms with E-state index >= 15 is 0 Å². The second-order valence-corrected chi connectivity index (χ2v) is 6.67. The first-order valence-corrected chi connectivity index (χ1v) is 8.54. The number of piperidine rings is 1. The summed E-state index contributed by atoms with van der Waals surface area (Å²) in [5, 5.41) is 0. The van der Waals surface area contributed by atoms with Gasteiger partial charge >= 0.3 is 0 Å². The first-order chi connectivity index (χ1) is 12.0. The van der Waals surface area contributed by atoms with E-state index in [1.165, 1.54) is 6.20 Å². The van der Waals surface area contributed by atoms with Crippen molar-refractivity contribution < 1.29 is 4.79 Å². The monoisotopic (exact) mass is 344 g/mol. The zero-order chi connectivity index (χ0) is 17.8. The van der Waals surface area contributed by atoms with Gasteiger partial charge in [0, 0.05) is 50.7 Å². The van der Waals surface area contributed by atoms with Crippen molar-refractivity contribution in [3.63, 3.8) is 0 Å². The number of aromatic nitrogens is 4. The molecule has 0 unspecified atom stereocenters. The smallest absolute Gasteiger partial charge is 0.273 e. The molecule has 25 heavy (non-hydrogen) atoms. The number of imidazole rings is 1. The van der Waals surface area contributed by atoms with Crippen LogP contribution in [-0.4, -0.2) is 69.0 Å². The molecular weight excluding hydrogens is 320 g/mol. The quantitative estimate of drug-likeness (QED) is 0.856. The number of nitrogens with zero attached hydrogens (tertiary/aromatic N) is 5. The predicted molar refractivity (Wildman–Crippen MR) is 93.5 cm³/mol. The lowest BCUT2D eigenvalue weighted by atomic mass is 9.97. The number of carbonyl (C=O) groups excluding carboxylic acids is 1. The molecule has 1 aliphatic rings. The Labute approximate surface area is 146 Å². The summed E-state index contributed by atoms with van der Waals surface area (Å²) in [4.78, 5) is 38.7. The van der Waals surface area contributed by atoms with Crippen LogP contribution in [0.15, 0.2) is 29.6 Å². The molecule has 1 amide bonds. The van der Waals surface area contributed by atoms with Crippen molar-refractivity contribution in [3.05, 3.63) is 46.7 Å². The van der Waals surface area contributed by atoms with Crippen molar-refractivity contribution in [2.45, 2.75) is 25.3 Å². The lowest BCUT2D eigenvalue weighted by Crippen LogP contribution is -2.40. The molecule has 134 valence electrons. The predicted octanol–water partition coefficient (Wildman–Crippen LogP) is 0.548. The van der Waals surface area contributed by atoms with Crippen LogP contribution in [0.2, 0.25) is 0 Å². The maximum Gasteiger partial charge on any atom is 0.273 e. The second-order valence-electron chi connectivity index (χ2n) is 6.67. The van der Waals surface area contributed by atoms with E-state index in [4.69, 9.17) is 0 Å². The minimum atomic E-state index is -0.309. The highest BCUT2D eigenvalue weighted by atomic mass is 16.2. The fraction of sp³-hybridized carbons (Fsp3) is 0.529. The zero-order valence-corrected chi connectivity index (χ0v) is 14.7. The number of likely N-dealkylation sites (tertiary alicyclic amines) is 1. The molecule has 3 heterocycles. The van der Waals surface area contributed by atoms with Gasteiger partial charge in [0.2, 0.25) is 0 Å². The first-order valence-electron chi connectivity index (χ1n) is 8.54. The molecule has 2 aromatic heterocycles. The van der Waals surface area contributed by atoms with Gasteiger partial charge in [0.05, 0.1) is 6.20 Å². The van der Waals surface area contributed by atoms with Gasteiger partial charge in [-0.1, -0.05) is 0 Å². The van der Waals surface area contributed by atoms with Crippen LogP contribution in [0.3, 0.4) is 0 Å². The van der Waals surface area contributed by atoms with Crippen molar-refractivity contribution in [2.24, 2.45) is 0 Å². The van der Waals surface area contributed by atoms with E-state index in [-0.39, 0.29) is 23.1 Å². The van der Waals surface area contributed by atoms with Crippen molar-refractivity contribution in [1.29, 1.82) is 0 Å². The Bertz CT molecular complexity index is 761. The van der Waals surface area contributed by atoms with Crippen LogP contribution in [0, 0.1) is 0 Å². The third kappa shape index (κ3) is 4.14. The molecule has 0 aliphatic carbocycles. The number of hydrogen-bond donors (Lipinski definition) is 1. The molecule has 0 saturated carbocycles. The summed E-state index contributed by atoms with van der Waals surface area (Å²) < 4.78 is 2.18. The van der Waals surface area contributed by atoms with Gasteiger partial charge in [-0.25, -0.2) is 9.97 Å².